The van der Waals surface area contributed by atoms with Crippen LogP contribution in [0.3, 0.4) is 0 Å². The van der Waals surface area contributed by atoms with Gasteiger partial charge >= 0.3 is 0 Å². The van der Waals surface area contributed by atoms with Crippen molar-refractivity contribution in [1.29, 1.82) is 0 Å². The summed E-state index contributed by atoms with van der Waals surface area (Å²) in [5.41, 5.74) is 0.801. The maximum absolute atomic E-state index is 10.0. The van der Waals surface area contributed by atoms with E-state index in [9.17, 15) is 5.11 Å². The molecule has 2 N–H and O–H groups in total. The highest BCUT2D eigenvalue weighted by atomic mass is 16.5. The molecule has 1 aliphatic heterocycles. The Morgan fingerprint density at radius 1 is 1.42 bits per heavy atom. The molecule has 6 heteroatoms. The van der Waals surface area contributed by atoms with Crippen molar-refractivity contribution < 1.29 is 9.84 Å². The molecule has 1 heterocycles. The summed E-state index contributed by atoms with van der Waals surface area (Å²) in [6, 6.07) is 5.84. The normalized spacial score (nSPS) is 18.3. The second kappa shape index (κ2) is 8.78. The molecular weight excluding hydrogens is 304 g/mol. The third-order valence-corrected chi connectivity index (χ3v) is 4.73. The summed E-state index contributed by atoms with van der Waals surface area (Å²) in [5.74, 6) is 1.88. The van der Waals surface area contributed by atoms with E-state index < -0.39 is 0 Å². The first-order valence-electron chi connectivity index (χ1n) is 8.68. The lowest BCUT2D eigenvalue weighted by Gasteiger charge is -2.27. The lowest BCUT2D eigenvalue weighted by molar-refractivity contribution is 0.223. The summed E-state index contributed by atoms with van der Waals surface area (Å²) in [4.78, 5) is 9.20. The highest BCUT2D eigenvalue weighted by molar-refractivity contribution is 5.80. The topological polar surface area (TPSA) is 60.3 Å². The van der Waals surface area contributed by atoms with Crippen molar-refractivity contribution in [2.24, 2.45) is 4.99 Å². The predicted molar refractivity (Wildman–Crippen MR) is 97.8 cm³/mol. The monoisotopic (exact) mass is 334 g/mol. The first kappa shape index (κ1) is 18.4. The quantitative estimate of drug-likeness (QED) is 0.614. The van der Waals surface area contributed by atoms with Crippen molar-refractivity contribution in [2.75, 3.05) is 40.3 Å². The number of benzene rings is 1. The Morgan fingerprint density at radius 2 is 2.17 bits per heavy atom. The molecule has 0 spiro atoms. The van der Waals surface area contributed by atoms with Crippen LogP contribution in [-0.2, 0) is 6.54 Å². The largest absolute Gasteiger partial charge is 0.508 e. The van der Waals surface area contributed by atoms with Crippen molar-refractivity contribution in [3.63, 3.8) is 0 Å². The molecule has 1 atom stereocenters. The molecule has 0 saturated carbocycles. The number of guanidine groups is 1. The fourth-order valence-corrected chi connectivity index (χ4v) is 3.31. The third kappa shape index (κ3) is 4.32. The molecule has 1 aromatic carbocycles. The Bertz CT molecular complexity index is 558. The fourth-order valence-electron chi connectivity index (χ4n) is 3.31. The maximum Gasteiger partial charge on any atom is 0.193 e. The number of likely N-dealkylation sites (N-methyl/N-ethyl adjacent to an activating group) is 1. The summed E-state index contributed by atoms with van der Waals surface area (Å²) in [5, 5.41) is 13.4. The van der Waals surface area contributed by atoms with E-state index in [4.69, 9.17) is 4.74 Å². The van der Waals surface area contributed by atoms with Crippen LogP contribution in [0.15, 0.2) is 23.2 Å². The van der Waals surface area contributed by atoms with E-state index >= 15 is 0 Å². The number of hydrogen-bond acceptors (Lipinski definition) is 4. The van der Waals surface area contributed by atoms with Crippen LogP contribution in [0.25, 0.3) is 0 Å². The van der Waals surface area contributed by atoms with E-state index in [1.165, 1.54) is 0 Å². The van der Waals surface area contributed by atoms with E-state index in [1.807, 2.05) is 6.07 Å². The Hall–Kier alpha value is -1.95. The standard InChI is InChI=1S/C18H30N4O2/c1-5-21(6-2)15-9-10-22(13-15)18(19-3)20-12-14-11-16(24-4)7-8-17(14)23/h7-8,11,15,23H,5-6,9-10,12-13H2,1-4H3,(H,19,20). The highest BCUT2D eigenvalue weighted by Crippen LogP contribution is 2.23. The zero-order valence-electron chi connectivity index (χ0n) is 15.2. The van der Waals surface area contributed by atoms with Gasteiger partial charge in [0.05, 0.1) is 7.11 Å². The minimum atomic E-state index is 0.265. The van der Waals surface area contributed by atoms with Crippen LogP contribution in [0.1, 0.15) is 25.8 Å². The number of phenolic OH excluding ortho intramolecular Hbond substituents is 1. The SMILES string of the molecule is CCN(CC)C1CCN(C(=NC)NCc2cc(OC)ccc2O)C1. The first-order valence-corrected chi connectivity index (χ1v) is 8.68. The van der Waals surface area contributed by atoms with Gasteiger partial charge in [0.25, 0.3) is 0 Å². The fraction of sp³-hybridized carbons (Fsp3) is 0.611. The van der Waals surface area contributed by atoms with Crippen LogP contribution in [-0.4, -0.2) is 67.2 Å². The van der Waals surface area contributed by atoms with E-state index in [0.717, 1.165) is 49.9 Å². The lowest BCUT2D eigenvalue weighted by Crippen LogP contribution is -2.43. The van der Waals surface area contributed by atoms with E-state index in [2.05, 4.69) is 34.0 Å². The predicted octanol–water partition coefficient (Wildman–Crippen LogP) is 1.89. The van der Waals surface area contributed by atoms with Gasteiger partial charge in [-0.15, -0.1) is 0 Å². The van der Waals surface area contributed by atoms with Gasteiger partial charge in [-0.05, 0) is 37.7 Å². The third-order valence-electron chi connectivity index (χ3n) is 4.73. The van der Waals surface area contributed by atoms with Gasteiger partial charge in [-0.3, -0.25) is 9.89 Å². The molecule has 6 nitrogen and oxygen atoms in total. The molecule has 2 rings (SSSR count). The summed E-state index contributed by atoms with van der Waals surface area (Å²) >= 11 is 0. The van der Waals surface area contributed by atoms with Crippen molar-refractivity contribution >= 4 is 5.96 Å². The molecular formula is C18H30N4O2. The number of rotatable bonds is 6. The van der Waals surface area contributed by atoms with Gasteiger partial charge in [0.1, 0.15) is 11.5 Å². The average molecular weight is 334 g/mol. The number of nitrogens with one attached hydrogen (secondary N) is 1. The zero-order valence-corrected chi connectivity index (χ0v) is 15.2. The minimum absolute atomic E-state index is 0.265. The number of ether oxygens (including phenoxy) is 1. The van der Waals surface area contributed by atoms with Gasteiger partial charge in [-0.1, -0.05) is 13.8 Å². The van der Waals surface area contributed by atoms with Gasteiger partial charge in [-0.2, -0.15) is 0 Å². The molecule has 1 aliphatic rings. The molecule has 0 aliphatic carbocycles. The minimum Gasteiger partial charge on any atom is -0.508 e. The van der Waals surface area contributed by atoms with Crippen molar-refractivity contribution in [3.8, 4) is 11.5 Å². The summed E-state index contributed by atoms with van der Waals surface area (Å²) in [7, 11) is 3.43. The second-order valence-electron chi connectivity index (χ2n) is 6.01. The van der Waals surface area contributed by atoms with Gasteiger partial charge in [0.2, 0.25) is 0 Å². The van der Waals surface area contributed by atoms with Gasteiger partial charge in [0.15, 0.2) is 5.96 Å². The Kier molecular flexibility index (Phi) is 6.73. The molecule has 0 amide bonds. The molecule has 1 saturated heterocycles. The van der Waals surface area contributed by atoms with E-state index in [1.54, 1.807) is 26.3 Å². The number of methoxy groups -OCH3 is 1. The number of aromatic hydroxyl groups is 1. The molecule has 0 bridgehead atoms. The summed E-state index contributed by atoms with van der Waals surface area (Å²) in [6.07, 6.45) is 1.16. The van der Waals surface area contributed by atoms with Crippen molar-refractivity contribution in [1.82, 2.24) is 15.1 Å². The summed E-state index contributed by atoms with van der Waals surface area (Å²) < 4.78 is 5.22. The molecule has 24 heavy (non-hydrogen) atoms. The maximum atomic E-state index is 10.0. The number of nitrogens with zero attached hydrogens (tertiary/aromatic N) is 3. The van der Waals surface area contributed by atoms with Crippen molar-refractivity contribution in [3.05, 3.63) is 23.8 Å². The van der Waals surface area contributed by atoms with Crippen LogP contribution in [0, 0.1) is 0 Å². The highest BCUT2D eigenvalue weighted by Gasteiger charge is 2.27. The Morgan fingerprint density at radius 3 is 2.79 bits per heavy atom. The zero-order chi connectivity index (χ0) is 17.5. The van der Waals surface area contributed by atoms with E-state index in [0.29, 0.717) is 12.6 Å². The van der Waals surface area contributed by atoms with Crippen LogP contribution in [0.2, 0.25) is 0 Å². The molecule has 0 aromatic heterocycles. The molecule has 0 radical (unpaired) electrons. The van der Waals surface area contributed by atoms with Crippen molar-refractivity contribution in [2.45, 2.75) is 32.9 Å². The summed E-state index contributed by atoms with van der Waals surface area (Å²) in [6.45, 7) is 9.10. The number of likely N-dealkylation sites (tertiary alicyclic amines) is 1. The van der Waals surface area contributed by atoms with Crippen LogP contribution in [0.4, 0.5) is 0 Å². The van der Waals surface area contributed by atoms with Gasteiger partial charge in [0, 0.05) is 38.3 Å². The molecule has 1 aromatic rings. The molecule has 1 unspecified atom stereocenters. The van der Waals surface area contributed by atoms with Crippen LogP contribution < -0.4 is 10.1 Å². The molecule has 134 valence electrons. The Balaban J connectivity index is 1.96. The van der Waals surface area contributed by atoms with Gasteiger partial charge < -0.3 is 20.1 Å². The number of hydrogen-bond donors (Lipinski definition) is 2. The van der Waals surface area contributed by atoms with Crippen LogP contribution >= 0.6 is 0 Å². The first-order chi connectivity index (χ1) is 11.6. The van der Waals surface area contributed by atoms with Gasteiger partial charge in [-0.25, -0.2) is 0 Å². The van der Waals surface area contributed by atoms with E-state index in [-0.39, 0.29) is 5.75 Å². The lowest BCUT2D eigenvalue weighted by atomic mass is 10.2. The number of phenols is 1. The average Bonchev–Trinajstić information content (AvgIpc) is 3.08. The second-order valence-corrected chi connectivity index (χ2v) is 6.01. The molecule has 1 fully saturated rings. The number of aliphatic imine (C=N–C) groups is 1. The Labute approximate surface area is 145 Å². The smallest absolute Gasteiger partial charge is 0.193 e. The van der Waals surface area contributed by atoms with Crippen LogP contribution in [0.5, 0.6) is 11.5 Å².